The molecule has 4 aromatic rings. The Labute approximate surface area is 278 Å². The zero-order chi connectivity index (χ0) is 33.1. The number of ether oxygens (including phenoxy) is 2. The number of phenolic OH excluding ortho intramolecular Hbond substituents is 1. The van der Waals surface area contributed by atoms with Gasteiger partial charge < -0.3 is 35.4 Å². The number of hydrogen-bond donors (Lipinski definition) is 3. The summed E-state index contributed by atoms with van der Waals surface area (Å²) in [5.74, 6) is 1.69. The van der Waals surface area contributed by atoms with E-state index < -0.39 is 11.6 Å². The molecule has 8 nitrogen and oxygen atoms in total. The van der Waals surface area contributed by atoms with Gasteiger partial charge in [-0.05, 0) is 79.3 Å². The highest BCUT2D eigenvalue weighted by Gasteiger charge is 2.48. The largest absolute Gasteiger partial charge is 0.508 e. The van der Waals surface area contributed by atoms with Crippen molar-refractivity contribution >= 4 is 33.1 Å². The van der Waals surface area contributed by atoms with Gasteiger partial charge in [-0.3, -0.25) is 0 Å². The molecule has 9 rings (SSSR count). The Bertz CT molecular complexity index is 2070. The lowest BCUT2D eigenvalue weighted by atomic mass is 9.92. The van der Waals surface area contributed by atoms with Gasteiger partial charge in [-0.2, -0.15) is 0 Å². The highest BCUT2D eigenvalue weighted by atomic mass is 19.1. The standard InChI is InChI=1S/C38H39F2N5O3/c1-4-23-26(39)7-5-20-13-22(46)14-24(29(20)23)25-15-28-30-33(31(25)40)43-35(47-19-38(9-10-38)18-44-12-11-37(2,3)17-44)32(41)34(30)45-16-21-6-8-27(42-21)36(45)48-28/h1,5,7,13-15,21,27,36,42,46H,6,8-12,16-19,41H2,2-3H3. The molecule has 4 aliphatic heterocycles. The number of aromatic hydroxyl groups is 1. The first kappa shape index (κ1) is 29.8. The fourth-order valence-electron chi connectivity index (χ4n) is 8.68. The summed E-state index contributed by atoms with van der Waals surface area (Å²) in [4.78, 5) is 9.44. The number of benzene rings is 3. The Morgan fingerprint density at radius 3 is 2.73 bits per heavy atom. The van der Waals surface area contributed by atoms with Gasteiger partial charge in [0.25, 0.3) is 0 Å². The number of aromatic nitrogens is 1. The van der Waals surface area contributed by atoms with Crippen LogP contribution in [0.1, 0.15) is 51.5 Å². The number of fused-ring (bicyclic) bond motifs is 6. The molecule has 4 fully saturated rings. The smallest absolute Gasteiger partial charge is 0.240 e. The minimum atomic E-state index is -0.653. The lowest BCUT2D eigenvalue weighted by molar-refractivity contribution is 0.134. The number of halogens is 2. The lowest BCUT2D eigenvalue weighted by Crippen LogP contribution is -2.61. The third-order valence-electron chi connectivity index (χ3n) is 11.3. The van der Waals surface area contributed by atoms with Crippen molar-refractivity contribution < 1.29 is 23.4 Å². The number of piperazine rings is 1. The number of rotatable bonds is 6. The maximum atomic E-state index is 17.1. The first-order valence-corrected chi connectivity index (χ1v) is 17.0. The third-order valence-corrected chi connectivity index (χ3v) is 11.3. The summed E-state index contributed by atoms with van der Waals surface area (Å²) in [6, 6.07) is 7.60. The van der Waals surface area contributed by atoms with E-state index in [4.69, 9.17) is 26.6 Å². The zero-order valence-corrected chi connectivity index (χ0v) is 27.2. The van der Waals surface area contributed by atoms with Crippen LogP contribution in [-0.4, -0.2) is 66.1 Å². The van der Waals surface area contributed by atoms with Crippen LogP contribution in [0.2, 0.25) is 0 Å². The monoisotopic (exact) mass is 651 g/mol. The number of nitrogen functional groups attached to an aromatic ring is 1. The van der Waals surface area contributed by atoms with E-state index in [2.05, 4.69) is 34.9 Å². The van der Waals surface area contributed by atoms with Crippen LogP contribution in [0.4, 0.5) is 20.2 Å². The Morgan fingerprint density at radius 1 is 1.15 bits per heavy atom. The minimum Gasteiger partial charge on any atom is -0.508 e. The van der Waals surface area contributed by atoms with Crippen LogP contribution in [0.15, 0.2) is 30.3 Å². The van der Waals surface area contributed by atoms with E-state index in [0.717, 1.165) is 45.3 Å². The first-order valence-electron chi connectivity index (χ1n) is 17.0. The van der Waals surface area contributed by atoms with Crippen molar-refractivity contribution in [2.75, 3.05) is 43.4 Å². The molecule has 0 radical (unpaired) electrons. The maximum Gasteiger partial charge on any atom is 0.240 e. The molecule has 0 amide bonds. The average molecular weight is 652 g/mol. The molecule has 4 N–H and O–H groups in total. The van der Waals surface area contributed by atoms with Crippen LogP contribution in [0.3, 0.4) is 0 Å². The lowest BCUT2D eigenvalue weighted by Gasteiger charge is -2.45. The molecule has 0 spiro atoms. The van der Waals surface area contributed by atoms with Gasteiger partial charge in [-0.15, -0.1) is 6.42 Å². The van der Waals surface area contributed by atoms with Gasteiger partial charge in [0.15, 0.2) is 12.0 Å². The summed E-state index contributed by atoms with van der Waals surface area (Å²) < 4.78 is 45.3. The highest BCUT2D eigenvalue weighted by molar-refractivity contribution is 6.09. The number of nitrogens with one attached hydrogen (secondary N) is 1. The molecule has 5 aliphatic rings. The number of pyridine rings is 1. The Balaban J connectivity index is 1.20. The Hall–Kier alpha value is -4.33. The third kappa shape index (κ3) is 4.58. The van der Waals surface area contributed by atoms with E-state index in [1.54, 1.807) is 6.07 Å². The number of hydrogen-bond acceptors (Lipinski definition) is 8. The number of nitrogens with two attached hydrogens (primary N) is 1. The number of likely N-dealkylation sites (tertiary alicyclic amines) is 1. The van der Waals surface area contributed by atoms with Crippen molar-refractivity contribution in [1.29, 1.82) is 0 Å². The molecule has 3 aromatic carbocycles. The van der Waals surface area contributed by atoms with Crippen molar-refractivity contribution in [3.63, 3.8) is 0 Å². The van der Waals surface area contributed by atoms with Crippen LogP contribution in [-0.2, 0) is 0 Å². The Morgan fingerprint density at radius 2 is 1.98 bits per heavy atom. The summed E-state index contributed by atoms with van der Waals surface area (Å²) in [6.07, 6.45) is 10.6. The van der Waals surface area contributed by atoms with Crippen molar-refractivity contribution in [1.82, 2.24) is 15.2 Å². The SMILES string of the molecule is C#Cc1c(F)ccc2cc(O)cc(-c3cc4c5c(c(N)c(OCC6(CN7CCC(C)(C)C7)CC6)nc5c3F)N3CC5CCC(N5)C3O4)c12. The van der Waals surface area contributed by atoms with Gasteiger partial charge in [0, 0.05) is 42.0 Å². The van der Waals surface area contributed by atoms with Crippen LogP contribution < -0.4 is 25.4 Å². The predicted octanol–water partition coefficient (Wildman–Crippen LogP) is 6.15. The summed E-state index contributed by atoms with van der Waals surface area (Å²) in [6.45, 7) is 8.82. The fourth-order valence-corrected chi connectivity index (χ4v) is 8.68. The molecular formula is C38H39F2N5O3. The van der Waals surface area contributed by atoms with Gasteiger partial charge in [0.1, 0.15) is 28.5 Å². The highest BCUT2D eigenvalue weighted by Crippen LogP contribution is 2.53. The van der Waals surface area contributed by atoms with E-state index in [1.807, 2.05) is 0 Å². The summed E-state index contributed by atoms with van der Waals surface area (Å²) in [7, 11) is 0. The molecule has 3 atom stereocenters. The van der Waals surface area contributed by atoms with E-state index in [9.17, 15) is 5.11 Å². The zero-order valence-electron chi connectivity index (χ0n) is 27.2. The summed E-state index contributed by atoms with van der Waals surface area (Å²) >= 11 is 0. The molecule has 1 aliphatic carbocycles. The fraction of sp³-hybridized carbons (Fsp3) is 0.447. The molecule has 2 bridgehead atoms. The molecule has 5 heterocycles. The summed E-state index contributed by atoms with van der Waals surface area (Å²) in [5.41, 5.74) is 8.69. The van der Waals surface area contributed by atoms with Gasteiger partial charge in [0.2, 0.25) is 5.88 Å². The van der Waals surface area contributed by atoms with Crippen LogP contribution in [0, 0.1) is 34.8 Å². The second-order valence-corrected chi connectivity index (χ2v) is 15.4. The van der Waals surface area contributed by atoms with Gasteiger partial charge in [-0.25, -0.2) is 13.8 Å². The quantitative estimate of drug-likeness (QED) is 0.214. The van der Waals surface area contributed by atoms with Gasteiger partial charge in [-0.1, -0.05) is 25.8 Å². The normalized spacial score (nSPS) is 24.8. The molecule has 1 aromatic heterocycles. The van der Waals surface area contributed by atoms with Crippen molar-refractivity contribution in [3.8, 4) is 40.8 Å². The van der Waals surface area contributed by atoms with Gasteiger partial charge >= 0.3 is 0 Å². The van der Waals surface area contributed by atoms with Crippen molar-refractivity contribution in [2.24, 2.45) is 10.8 Å². The second-order valence-electron chi connectivity index (χ2n) is 15.4. The number of terminal acetylenes is 1. The molecule has 10 heteroatoms. The number of nitrogens with zero attached hydrogens (tertiary/aromatic N) is 3. The number of phenols is 1. The van der Waals surface area contributed by atoms with Crippen molar-refractivity contribution in [2.45, 2.75) is 64.3 Å². The van der Waals surface area contributed by atoms with E-state index >= 15 is 8.78 Å². The first-order chi connectivity index (χ1) is 23.0. The van der Waals surface area contributed by atoms with E-state index in [0.29, 0.717) is 51.8 Å². The van der Waals surface area contributed by atoms with Crippen LogP contribution in [0.5, 0.6) is 17.4 Å². The molecule has 1 saturated carbocycles. The maximum absolute atomic E-state index is 17.1. The number of anilines is 2. The van der Waals surface area contributed by atoms with Crippen molar-refractivity contribution in [3.05, 3.63) is 47.5 Å². The molecule has 248 valence electrons. The molecular weight excluding hydrogens is 612 g/mol. The van der Waals surface area contributed by atoms with Gasteiger partial charge in [0.05, 0.1) is 29.3 Å². The molecule has 3 saturated heterocycles. The Kier molecular flexibility index (Phi) is 6.41. The van der Waals surface area contributed by atoms with Crippen LogP contribution >= 0.6 is 0 Å². The molecule has 3 unspecified atom stereocenters. The summed E-state index contributed by atoms with van der Waals surface area (Å²) in [5, 5.41) is 15.7. The molecule has 48 heavy (non-hydrogen) atoms. The van der Waals surface area contributed by atoms with E-state index in [-0.39, 0.29) is 57.6 Å². The van der Waals surface area contributed by atoms with Crippen LogP contribution in [0.25, 0.3) is 32.8 Å². The second kappa shape index (κ2) is 10.3. The average Bonchev–Trinajstić information content (AvgIpc) is 3.57. The predicted molar refractivity (Wildman–Crippen MR) is 182 cm³/mol. The topological polar surface area (TPSA) is 96.1 Å². The minimum absolute atomic E-state index is 0.0117. The van der Waals surface area contributed by atoms with E-state index in [1.165, 1.54) is 30.7 Å².